The smallest absolute Gasteiger partial charge is 0.310 e. The number of allylic oxidation sites excluding steroid dienone is 1. The molecule has 3 saturated heterocycles. The van der Waals surface area contributed by atoms with Gasteiger partial charge < -0.3 is 19.6 Å². The number of fused-ring (bicyclic) bond motifs is 1. The lowest BCUT2D eigenvalue weighted by Gasteiger charge is -2.37. The molecule has 1 aromatic rings. The number of ether oxygens (including phenoxy) is 1. The minimum absolute atomic E-state index is 0.00365. The number of carbonyl (C=O) groups is 3. The number of aliphatic hydroxyl groups excluding tert-OH is 1. The number of carbonyl (C=O) groups excluding carboxylic acids is 3. The number of halogens is 2. The largest absolute Gasteiger partial charge is 0.465 e. The average molecular weight is 640 g/mol. The summed E-state index contributed by atoms with van der Waals surface area (Å²) >= 11 is 11.5. The number of esters is 1. The number of thioether (sulfide) groups is 1. The van der Waals surface area contributed by atoms with E-state index in [0.29, 0.717) is 43.1 Å². The van der Waals surface area contributed by atoms with Gasteiger partial charge >= 0.3 is 5.97 Å². The van der Waals surface area contributed by atoms with Crippen LogP contribution in [0.3, 0.4) is 0 Å². The van der Waals surface area contributed by atoms with Gasteiger partial charge in [-0.1, -0.05) is 39.7 Å². The quantitative estimate of drug-likeness (QED) is 0.134. The van der Waals surface area contributed by atoms with Gasteiger partial charge in [0.05, 0.1) is 23.2 Å². The van der Waals surface area contributed by atoms with Gasteiger partial charge in [-0.05, 0) is 62.8 Å². The molecule has 2 amide bonds. The minimum atomic E-state index is -0.759. The SMILES string of the molecule is C=CCCCCOC(=O)[C@H]1[C@H]2C(=O)N(CCCCO)C(C(=O)N(CC=C)c3ccc(Cl)cc3)C23CC(Br)[C@@H]1S3. The number of aliphatic hydroxyl groups is 1. The minimum Gasteiger partial charge on any atom is -0.465 e. The Bertz CT molecular complexity index is 1090. The van der Waals surface area contributed by atoms with Crippen molar-refractivity contribution in [3.8, 4) is 0 Å². The first-order valence-electron chi connectivity index (χ1n) is 13.5. The molecular formula is C29H36BrClN2O5S. The number of hydrogen-bond acceptors (Lipinski definition) is 6. The molecule has 3 aliphatic heterocycles. The van der Waals surface area contributed by atoms with Crippen LogP contribution >= 0.6 is 39.3 Å². The summed E-state index contributed by atoms with van der Waals surface area (Å²) < 4.78 is 4.93. The Morgan fingerprint density at radius 2 is 1.95 bits per heavy atom. The fourth-order valence-corrected chi connectivity index (χ4v) is 9.91. The van der Waals surface area contributed by atoms with E-state index in [-0.39, 0.29) is 41.0 Å². The highest BCUT2D eigenvalue weighted by atomic mass is 79.9. The van der Waals surface area contributed by atoms with Crippen molar-refractivity contribution in [3.05, 3.63) is 54.6 Å². The molecule has 1 aromatic carbocycles. The topological polar surface area (TPSA) is 87.1 Å². The van der Waals surface area contributed by atoms with Crippen LogP contribution in [0.4, 0.5) is 5.69 Å². The van der Waals surface area contributed by atoms with Gasteiger partial charge in [-0.25, -0.2) is 0 Å². The van der Waals surface area contributed by atoms with Crippen molar-refractivity contribution in [1.29, 1.82) is 0 Å². The molecule has 0 radical (unpaired) electrons. The van der Waals surface area contributed by atoms with E-state index in [9.17, 15) is 19.5 Å². The maximum absolute atomic E-state index is 14.4. The molecule has 39 heavy (non-hydrogen) atoms. The number of benzene rings is 1. The number of unbranched alkanes of at least 4 members (excludes halogenated alkanes) is 3. The molecule has 3 unspecified atom stereocenters. The second-order valence-corrected chi connectivity index (χ2v) is 13.4. The predicted molar refractivity (Wildman–Crippen MR) is 159 cm³/mol. The summed E-state index contributed by atoms with van der Waals surface area (Å²) in [4.78, 5) is 45.2. The summed E-state index contributed by atoms with van der Waals surface area (Å²) in [5.41, 5.74) is 0.662. The number of likely N-dealkylation sites (tertiary alicyclic amines) is 1. The maximum atomic E-state index is 14.4. The Labute approximate surface area is 248 Å². The van der Waals surface area contributed by atoms with Crippen LogP contribution in [-0.4, -0.2) is 75.0 Å². The lowest BCUT2D eigenvalue weighted by molar-refractivity contribution is -0.154. The van der Waals surface area contributed by atoms with Gasteiger partial charge in [0.1, 0.15) is 6.04 Å². The normalized spacial score (nSPS) is 28.8. The fraction of sp³-hybridized carbons (Fsp3) is 0.552. The van der Waals surface area contributed by atoms with Crippen LogP contribution in [-0.2, 0) is 19.1 Å². The molecule has 7 nitrogen and oxygen atoms in total. The Hall–Kier alpha value is -1.81. The molecular weight excluding hydrogens is 604 g/mol. The molecule has 3 aliphatic rings. The van der Waals surface area contributed by atoms with Crippen molar-refractivity contribution in [2.24, 2.45) is 11.8 Å². The fourth-order valence-electron chi connectivity index (χ4n) is 6.19. The molecule has 4 rings (SSSR count). The van der Waals surface area contributed by atoms with E-state index in [4.69, 9.17) is 16.3 Å². The first-order valence-corrected chi connectivity index (χ1v) is 15.7. The van der Waals surface area contributed by atoms with Crippen LogP contribution in [0.1, 0.15) is 38.5 Å². The van der Waals surface area contributed by atoms with Gasteiger partial charge in [-0.15, -0.1) is 24.9 Å². The summed E-state index contributed by atoms with van der Waals surface area (Å²) in [6.45, 7) is 8.47. The second kappa shape index (κ2) is 13.2. The number of nitrogens with zero attached hydrogens (tertiary/aromatic N) is 2. The standard InChI is InChI=1S/C29H36BrClN2O5S/c1-3-5-6-9-17-38-28(37)22-23-26(35)33(15-7-8-16-34)25(29(23)18-21(30)24(22)39-29)27(36)32(14-4-2)20-12-10-19(31)11-13-20/h3-4,10-13,21-25,34H,1-2,5-9,14-18H2/t21?,22-,23-,24-,25?,29?/m0/s1. The lowest BCUT2D eigenvalue weighted by Crippen LogP contribution is -2.55. The van der Waals surface area contributed by atoms with Gasteiger partial charge in [0, 0.05) is 40.5 Å². The molecule has 3 fully saturated rings. The Balaban J connectivity index is 1.67. The van der Waals surface area contributed by atoms with E-state index in [2.05, 4.69) is 29.1 Å². The highest BCUT2D eigenvalue weighted by Crippen LogP contribution is 2.68. The molecule has 0 aromatic heterocycles. The van der Waals surface area contributed by atoms with E-state index >= 15 is 0 Å². The van der Waals surface area contributed by atoms with E-state index in [1.807, 2.05) is 6.08 Å². The van der Waals surface area contributed by atoms with Gasteiger partial charge in [-0.2, -0.15) is 0 Å². The molecule has 1 spiro atoms. The number of anilines is 1. The van der Waals surface area contributed by atoms with Crippen molar-refractivity contribution in [2.75, 3.05) is 31.2 Å². The lowest BCUT2D eigenvalue weighted by atomic mass is 9.71. The number of hydrogen-bond donors (Lipinski definition) is 1. The molecule has 2 bridgehead atoms. The first-order chi connectivity index (χ1) is 18.8. The Morgan fingerprint density at radius 3 is 2.62 bits per heavy atom. The van der Waals surface area contributed by atoms with Crippen LogP contribution in [0.5, 0.6) is 0 Å². The Kier molecular flexibility index (Phi) is 10.2. The average Bonchev–Trinajstić information content (AvgIpc) is 3.51. The third kappa shape index (κ3) is 5.83. The number of alkyl halides is 1. The third-order valence-electron chi connectivity index (χ3n) is 7.87. The molecule has 212 valence electrons. The molecule has 0 aliphatic carbocycles. The van der Waals surface area contributed by atoms with E-state index in [1.165, 1.54) is 0 Å². The van der Waals surface area contributed by atoms with Crippen molar-refractivity contribution >= 4 is 62.8 Å². The third-order valence-corrected chi connectivity index (χ3v) is 11.3. The van der Waals surface area contributed by atoms with E-state index < -0.39 is 22.6 Å². The Morgan fingerprint density at radius 1 is 1.21 bits per heavy atom. The molecule has 6 atom stereocenters. The van der Waals surface area contributed by atoms with E-state index in [1.54, 1.807) is 51.9 Å². The van der Waals surface area contributed by atoms with Gasteiger partial charge in [0.2, 0.25) is 5.91 Å². The van der Waals surface area contributed by atoms with Gasteiger partial charge in [0.15, 0.2) is 0 Å². The van der Waals surface area contributed by atoms with Crippen LogP contribution in [0.2, 0.25) is 5.02 Å². The summed E-state index contributed by atoms with van der Waals surface area (Å²) in [6, 6.07) is 6.26. The maximum Gasteiger partial charge on any atom is 0.310 e. The van der Waals surface area contributed by atoms with Crippen LogP contribution in [0.15, 0.2) is 49.6 Å². The summed E-state index contributed by atoms with van der Waals surface area (Å²) in [5.74, 6) is -2.01. The monoisotopic (exact) mass is 638 g/mol. The van der Waals surface area contributed by atoms with Crippen molar-refractivity contribution in [1.82, 2.24) is 4.90 Å². The van der Waals surface area contributed by atoms with Crippen LogP contribution in [0.25, 0.3) is 0 Å². The molecule has 1 N–H and O–H groups in total. The van der Waals surface area contributed by atoms with Crippen molar-refractivity contribution < 1.29 is 24.2 Å². The number of amides is 2. The van der Waals surface area contributed by atoms with Crippen molar-refractivity contribution in [2.45, 2.75) is 59.4 Å². The van der Waals surface area contributed by atoms with Gasteiger partial charge in [0.25, 0.3) is 5.91 Å². The second-order valence-electron chi connectivity index (χ2n) is 10.3. The highest BCUT2D eigenvalue weighted by molar-refractivity contribution is 9.09. The molecule has 10 heteroatoms. The zero-order valence-electron chi connectivity index (χ0n) is 22.0. The highest BCUT2D eigenvalue weighted by Gasteiger charge is 2.76. The molecule has 3 heterocycles. The zero-order chi connectivity index (χ0) is 28.2. The van der Waals surface area contributed by atoms with Crippen LogP contribution in [0, 0.1) is 11.8 Å². The predicted octanol–water partition coefficient (Wildman–Crippen LogP) is 5.00. The van der Waals surface area contributed by atoms with Crippen LogP contribution < -0.4 is 4.90 Å². The van der Waals surface area contributed by atoms with Crippen molar-refractivity contribution in [3.63, 3.8) is 0 Å². The zero-order valence-corrected chi connectivity index (χ0v) is 25.1. The molecule has 0 saturated carbocycles. The first kappa shape index (κ1) is 30.2. The number of rotatable bonds is 14. The van der Waals surface area contributed by atoms with Gasteiger partial charge in [-0.3, -0.25) is 14.4 Å². The summed E-state index contributed by atoms with van der Waals surface area (Å²) in [6.07, 6.45) is 7.64. The summed E-state index contributed by atoms with van der Waals surface area (Å²) in [7, 11) is 0. The summed E-state index contributed by atoms with van der Waals surface area (Å²) in [5, 5.41) is 9.79. The van der Waals surface area contributed by atoms with E-state index in [0.717, 1.165) is 19.3 Å².